The van der Waals surface area contributed by atoms with Gasteiger partial charge >= 0.3 is 0 Å². The molecule has 0 spiro atoms. The van der Waals surface area contributed by atoms with E-state index in [-0.39, 0.29) is 17.0 Å². The molecule has 1 aromatic heterocycles. The van der Waals surface area contributed by atoms with Crippen LogP contribution >= 0.6 is 23.2 Å². The van der Waals surface area contributed by atoms with Crippen molar-refractivity contribution in [1.82, 2.24) is 4.57 Å². The second-order valence-electron chi connectivity index (χ2n) is 5.54. The molecule has 3 aromatic rings. The Hall–Kier alpha value is -2.56. The van der Waals surface area contributed by atoms with Crippen molar-refractivity contribution >= 4 is 28.9 Å². The minimum Gasteiger partial charge on any atom is -0.507 e. The molecule has 2 N–H and O–H groups in total. The standard InChI is InChI=1S/C19H14Cl2N2O2/c1-23-15(11-2-6-13(20)7-3-11)10-16(24)17(19(23)25)18(22)12-4-8-14(21)9-5-12/h2-10,22,24H,1H3. The van der Waals surface area contributed by atoms with E-state index >= 15 is 0 Å². The highest BCUT2D eigenvalue weighted by Gasteiger charge is 2.18. The number of benzene rings is 2. The zero-order valence-electron chi connectivity index (χ0n) is 13.3. The Labute approximate surface area is 154 Å². The lowest BCUT2D eigenvalue weighted by Crippen LogP contribution is -2.26. The highest BCUT2D eigenvalue weighted by atomic mass is 35.5. The lowest BCUT2D eigenvalue weighted by molar-refractivity contribution is 0.471. The van der Waals surface area contributed by atoms with E-state index in [0.29, 0.717) is 21.3 Å². The second kappa shape index (κ2) is 6.75. The maximum atomic E-state index is 12.7. The summed E-state index contributed by atoms with van der Waals surface area (Å²) in [6, 6.07) is 15.0. The third-order valence-corrected chi connectivity index (χ3v) is 4.44. The van der Waals surface area contributed by atoms with Crippen LogP contribution in [0.3, 0.4) is 0 Å². The summed E-state index contributed by atoms with van der Waals surface area (Å²) in [5.41, 5.74) is 1.21. The third kappa shape index (κ3) is 3.31. The highest BCUT2D eigenvalue weighted by molar-refractivity contribution is 6.31. The minimum absolute atomic E-state index is 0.0532. The van der Waals surface area contributed by atoms with E-state index in [1.165, 1.54) is 10.6 Å². The van der Waals surface area contributed by atoms with Gasteiger partial charge in [0.15, 0.2) is 0 Å². The first kappa shape index (κ1) is 17.3. The predicted octanol–water partition coefficient (Wildman–Crippen LogP) is 4.48. The van der Waals surface area contributed by atoms with Crippen molar-refractivity contribution in [2.75, 3.05) is 0 Å². The Bertz CT molecular complexity index is 1010. The Morgan fingerprint density at radius 2 is 1.52 bits per heavy atom. The Kier molecular flexibility index (Phi) is 4.66. The number of aromatic nitrogens is 1. The van der Waals surface area contributed by atoms with Crippen molar-refractivity contribution in [3.63, 3.8) is 0 Å². The number of rotatable bonds is 3. The van der Waals surface area contributed by atoms with E-state index in [2.05, 4.69) is 0 Å². The van der Waals surface area contributed by atoms with E-state index in [1.807, 2.05) is 0 Å². The fourth-order valence-corrected chi connectivity index (χ4v) is 2.83. The van der Waals surface area contributed by atoms with Gasteiger partial charge in [-0.2, -0.15) is 0 Å². The summed E-state index contributed by atoms with van der Waals surface area (Å²) in [6.07, 6.45) is 0. The molecule has 4 nitrogen and oxygen atoms in total. The van der Waals surface area contributed by atoms with E-state index in [9.17, 15) is 9.90 Å². The quantitative estimate of drug-likeness (QED) is 0.665. The van der Waals surface area contributed by atoms with Gasteiger partial charge in [0.25, 0.3) is 5.56 Å². The number of nitrogens with zero attached hydrogens (tertiary/aromatic N) is 1. The van der Waals surface area contributed by atoms with Gasteiger partial charge in [0.1, 0.15) is 11.3 Å². The molecular formula is C19H14Cl2N2O2. The predicted molar refractivity (Wildman–Crippen MR) is 101 cm³/mol. The molecule has 0 unspecified atom stereocenters. The molecule has 0 bridgehead atoms. The first-order valence-electron chi connectivity index (χ1n) is 7.42. The van der Waals surface area contributed by atoms with Gasteiger partial charge in [-0.1, -0.05) is 47.5 Å². The smallest absolute Gasteiger partial charge is 0.264 e. The lowest BCUT2D eigenvalue weighted by atomic mass is 10.0. The molecule has 0 radical (unpaired) electrons. The van der Waals surface area contributed by atoms with Crippen molar-refractivity contribution in [3.8, 4) is 17.0 Å². The largest absolute Gasteiger partial charge is 0.507 e. The average Bonchev–Trinajstić information content (AvgIpc) is 2.59. The summed E-state index contributed by atoms with van der Waals surface area (Å²) < 4.78 is 1.41. The van der Waals surface area contributed by atoms with Gasteiger partial charge in [-0.3, -0.25) is 10.2 Å². The first-order valence-corrected chi connectivity index (χ1v) is 8.18. The molecule has 0 aliphatic heterocycles. The summed E-state index contributed by atoms with van der Waals surface area (Å²) in [6.45, 7) is 0. The number of halogens is 2. The number of hydrogen-bond donors (Lipinski definition) is 2. The molecule has 2 aromatic carbocycles. The minimum atomic E-state index is -0.454. The molecule has 25 heavy (non-hydrogen) atoms. The molecule has 0 saturated carbocycles. The van der Waals surface area contributed by atoms with Crippen LogP contribution in [0.15, 0.2) is 59.4 Å². The van der Waals surface area contributed by atoms with Gasteiger partial charge in [0.2, 0.25) is 0 Å². The molecule has 6 heteroatoms. The maximum absolute atomic E-state index is 12.7. The number of hydrogen-bond acceptors (Lipinski definition) is 3. The van der Waals surface area contributed by atoms with Crippen molar-refractivity contribution in [1.29, 1.82) is 5.41 Å². The fourth-order valence-electron chi connectivity index (χ4n) is 2.58. The van der Waals surface area contributed by atoms with E-state index in [4.69, 9.17) is 28.6 Å². The van der Waals surface area contributed by atoms with Crippen LogP contribution in [0, 0.1) is 5.41 Å². The summed E-state index contributed by atoms with van der Waals surface area (Å²) in [5, 5.41) is 19.8. The fraction of sp³-hybridized carbons (Fsp3) is 0.0526. The molecule has 126 valence electrons. The topological polar surface area (TPSA) is 66.1 Å². The van der Waals surface area contributed by atoms with Crippen LogP contribution < -0.4 is 5.56 Å². The summed E-state index contributed by atoms with van der Waals surface area (Å²) in [7, 11) is 1.60. The lowest BCUT2D eigenvalue weighted by Gasteiger charge is -2.13. The molecule has 0 amide bonds. The van der Waals surface area contributed by atoms with Crippen LogP contribution in [0.1, 0.15) is 11.1 Å². The van der Waals surface area contributed by atoms with Gasteiger partial charge in [0, 0.05) is 28.7 Å². The first-order chi connectivity index (χ1) is 11.9. The summed E-state index contributed by atoms with van der Waals surface area (Å²) in [5.74, 6) is -0.243. The number of aromatic hydroxyl groups is 1. The molecule has 0 aliphatic rings. The molecule has 1 heterocycles. The summed E-state index contributed by atoms with van der Waals surface area (Å²) >= 11 is 11.7. The third-order valence-electron chi connectivity index (χ3n) is 3.93. The molecule has 0 saturated heterocycles. The average molecular weight is 373 g/mol. The van der Waals surface area contributed by atoms with E-state index < -0.39 is 5.56 Å². The van der Waals surface area contributed by atoms with Crippen molar-refractivity contribution < 1.29 is 5.11 Å². The monoisotopic (exact) mass is 372 g/mol. The van der Waals surface area contributed by atoms with Crippen LogP contribution in [0.25, 0.3) is 11.3 Å². The zero-order valence-corrected chi connectivity index (χ0v) is 14.8. The second-order valence-corrected chi connectivity index (χ2v) is 6.42. The molecule has 0 atom stereocenters. The van der Waals surface area contributed by atoms with Gasteiger partial charge in [-0.05, 0) is 29.8 Å². The normalized spacial score (nSPS) is 10.7. The van der Waals surface area contributed by atoms with Gasteiger partial charge < -0.3 is 9.67 Å². The highest BCUT2D eigenvalue weighted by Crippen LogP contribution is 2.26. The van der Waals surface area contributed by atoms with Gasteiger partial charge in [-0.15, -0.1) is 0 Å². The zero-order chi connectivity index (χ0) is 18.1. The van der Waals surface area contributed by atoms with Crippen molar-refractivity contribution in [2.24, 2.45) is 7.05 Å². The maximum Gasteiger partial charge on any atom is 0.264 e. The Morgan fingerprint density at radius 1 is 1.00 bits per heavy atom. The molecule has 0 fully saturated rings. The van der Waals surface area contributed by atoms with Crippen LogP contribution in [0.4, 0.5) is 0 Å². The van der Waals surface area contributed by atoms with Gasteiger partial charge in [-0.25, -0.2) is 0 Å². The molecular weight excluding hydrogens is 359 g/mol. The van der Waals surface area contributed by atoms with Crippen LogP contribution in [-0.4, -0.2) is 15.4 Å². The Morgan fingerprint density at radius 3 is 2.08 bits per heavy atom. The number of nitrogens with one attached hydrogen (secondary N) is 1. The number of pyridine rings is 1. The summed E-state index contributed by atoms with van der Waals surface area (Å²) in [4.78, 5) is 12.7. The van der Waals surface area contributed by atoms with Crippen LogP contribution in [-0.2, 0) is 7.05 Å². The molecule has 3 rings (SSSR count). The van der Waals surface area contributed by atoms with E-state index in [1.54, 1.807) is 55.6 Å². The van der Waals surface area contributed by atoms with Crippen LogP contribution in [0.2, 0.25) is 10.0 Å². The molecule has 0 aliphatic carbocycles. The van der Waals surface area contributed by atoms with Crippen molar-refractivity contribution in [2.45, 2.75) is 0 Å². The Balaban J connectivity index is 2.12. The van der Waals surface area contributed by atoms with Crippen molar-refractivity contribution in [3.05, 3.63) is 86.1 Å². The van der Waals surface area contributed by atoms with E-state index in [0.717, 1.165) is 5.56 Å². The van der Waals surface area contributed by atoms with Gasteiger partial charge in [0.05, 0.1) is 11.4 Å². The van der Waals surface area contributed by atoms with Crippen LogP contribution in [0.5, 0.6) is 5.75 Å². The SMILES string of the molecule is Cn1c(-c2ccc(Cl)cc2)cc(O)c(C(=N)c2ccc(Cl)cc2)c1=O.